The summed E-state index contributed by atoms with van der Waals surface area (Å²) in [6.07, 6.45) is 9.89. The van der Waals surface area contributed by atoms with Gasteiger partial charge in [-0.1, -0.05) is 37.1 Å². The Hall–Kier alpha value is -0.820. The predicted octanol–water partition coefficient (Wildman–Crippen LogP) is 3.94. The average Bonchev–Trinajstić information content (AvgIpc) is 3.02. The van der Waals surface area contributed by atoms with Gasteiger partial charge in [-0.15, -0.1) is 0 Å². The topological polar surface area (TPSA) is 3.24 Å². The van der Waals surface area contributed by atoms with Crippen LogP contribution in [-0.2, 0) is 6.42 Å². The Morgan fingerprint density at radius 2 is 1.83 bits per heavy atom. The zero-order chi connectivity index (χ0) is 12.4. The van der Waals surface area contributed by atoms with Gasteiger partial charge in [-0.3, -0.25) is 4.90 Å². The third-order valence-electron chi connectivity index (χ3n) is 4.93. The summed E-state index contributed by atoms with van der Waals surface area (Å²) < 4.78 is 0. The molecule has 1 atom stereocenters. The van der Waals surface area contributed by atoms with Crippen LogP contribution >= 0.6 is 0 Å². The van der Waals surface area contributed by atoms with Gasteiger partial charge in [-0.05, 0) is 56.7 Å². The molecule has 1 aliphatic carbocycles. The number of hydrogen-bond acceptors (Lipinski definition) is 1. The largest absolute Gasteiger partial charge is 0.297 e. The van der Waals surface area contributed by atoms with Gasteiger partial charge in [0.2, 0.25) is 0 Å². The van der Waals surface area contributed by atoms with Crippen LogP contribution in [0.1, 0.15) is 49.7 Å². The van der Waals surface area contributed by atoms with Gasteiger partial charge in [0.25, 0.3) is 0 Å². The van der Waals surface area contributed by atoms with Crippen LogP contribution in [0.2, 0.25) is 0 Å². The molecule has 0 amide bonds. The van der Waals surface area contributed by atoms with E-state index >= 15 is 0 Å². The van der Waals surface area contributed by atoms with E-state index in [1.54, 1.807) is 5.56 Å². The van der Waals surface area contributed by atoms with Crippen molar-refractivity contribution in [1.82, 2.24) is 4.90 Å². The first-order valence-electron chi connectivity index (χ1n) is 7.65. The van der Waals surface area contributed by atoms with Crippen molar-refractivity contribution < 1.29 is 0 Å². The number of aryl methyl sites for hydroxylation is 1. The fourth-order valence-electron chi connectivity index (χ4n) is 3.89. The summed E-state index contributed by atoms with van der Waals surface area (Å²) in [7, 11) is 0. The maximum atomic E-state index is 2.83. The molecule has 1 saturated heterocycles. The number of likely N-dealkylation sites (tertiary alicyclic amines) is 1. The summed E-state index contributed by atoms with van der Waals surface area (Å²) in [6.45, 7) is 3.60. The molecule has 1 heterocycles. The summed E-state index contributed by atoms with van der Waals surface area (Å²) in [4.78, 5) is 2.83. The number of hydrogen-bond donors (Lipinski definition) is 0. The molecule has 1 aromatic rings. The average molecular weight is 243 g/mol. The highest BCUT2D eigenvalue weighted by Crippen LogP contribution is 2.31. The van der Waals surface area contributed by atoms with Gasteiger partial charge in [0, 0.05) is 12.1 Å². The van der Waals surface area contributed by atoms with Gasteiger partial charge in [-0.25, -0.2) is 0 Å². The highest BCUT2D eigenvalue weighted by Gasteiger charge is 2.32. The van der Waals surface area contributed by atoms with E-state index < -0.39 is 0 Å². The molecule has 1 unspecified atom stereocenters. The number of benzene rings is 1. The molecule has 0 radical (unpaired) electrons. The number of rotatable bonds is 3. The normalized spacial score (nSPS) is 25.9. The minimum Gasteiger partial charge on any atom is -0.297 e. The summed E-state index contributed by atoms with van der Waals surface area (Å²) in [5.41, 5.74) is 3.03. The standard InChI is InChI=1S/C17H25N/c1-14-7-2-3-8-15(14)13-17-11-6-12-18(17)16-9-4-5-10-16/h2-3,7-8,16-17H,4-6,9-13H2,1H3. The molecule has 1 heteroatoms. The van der Waals surface area contributed by atoms with Crippen molar-refractivity contribution in [2.75, 3.05) is 6.54 Å². The van der Waals surface area contributed by atoms with Crippen molar-refractivity contribution >= 4 is 0 Å². The maximum Gasteiger partial charge on any atom is 0.0139 e. The van der Waals surface area contributed by atoms with Gasteiger partial charge in [0.1, 0.15) is 0 Å². The van der Waals surface area contributed by atoms with E-state index in [1.165, 1.54) is 57.1 Å². The first kappa shape index (κ1) is 12.2. The summed E-state index contributed by atoms with van der Waals surface area (Å²) in [5, 5.41) is 0. The Balaban J connectivity index is 1.69. The van der Waals surface area contributed by atoms with Crippen LogP contribution in [-0.4, -0.2) is 23.5 Å². The van der Waals surface area contributed by atoms with Crippen molar-refractivity contribution in [3.63, 3.8) is 0 Å². The van der Waals surface area contributed by atoms with Crippen LogP contribution < -0.4 is 0 Å². The molecule has 98 valence electrons. The molecule has 0 N–H and O–H groups in total. The quantitative estimate of drug-likeness (QED) is 0.777. The molecule has 1 nitrogen and oxygen atoms in total. The van der Waals surface area contributed by atoms with E-state index in [-0.39, 0.29) is 0 Å². The van der Waals surface area contributed by atoms with Crippen LogP contribution in [0.25, 0.3) is 0 Å². The Labute approximate surface area is 111 Å². The van der Waals surface area contributed by atoms with Crippen molar-refractivity contribution in [1.29, 1.82) is 0 Å². The van der Waals surface area contributed by atoms with Crippen LogP contribution in [0.4, 0.5) is 0 Å². The van der Waals surface area contributed by atoms with E-state index in [9.17, 15) is 0 Å². The highest BCUT2D eigenvalue weighted by molar-refractivity contribution is 5.26. The Bertz CT molecular complexity index is 392. The van der Waals surface area contributed by atoms with Gasteiger partial charge in [0.15, 0.2) is 0 Å². The molecule has 0 aromatic heterocycles. The molecule has 2 aliphatic rings. The van der Waals surface area contributed by atoms with Crippen LogP contribution in [0.5, 0.6) is 0 Å². The lowest BCUT2D eigenvalue weighted by molar-refractivity contribution is 0.180. The smallest absolute Gasteiger partial charge is 0.0139 e. The van der Waals surface area contributed by atoms with Crippen LogP contribution in [0, 0.1) is 6.92 Å². The van der Waals surface area contributed by atoms with Crippen molar-refractivity contribution in [2.45, 2.75) is 64.0 Å². The second-order valence-electron chi connectivity index (χ2n) is 6.10. The molecule has 1 saturated carbocycles. The highest BCUT2D eigenvalue weighted by atomic mass is 15.2. The molecular weight excluding hydrogens is 218 g/mol. The summed E-state index contributed by atoms with van der Waals surface area (Å²) in [5.74, 6) is 0. The lowest BCUT2D eigenvalue weighted by Gasteiger charge is -2.30. The molecule has 18 heavy (non-hydrogen) atoms. The van der Waals surface area contributed by atoms with E-state index in [0.717, 1.165) is 12.1 Å². The first-order valence-corrected chi connectivity index (χ1v) is 7.65. The van der Waals surface area contributed by atoms with E-state index in [2.05, 4.69) is 36.1 Å². The fraction of sp³-hybridized carbons (Fsp3) is 0.647. The maximum absolute atomic E-state index is 2.83. The van der Waals surface area contributed by atoms with Gasteiger partial charge in [0.05, 0.1) is 0 Å². The molecule has 1 aromatic carbocycles. The van der Waals surface area contributed by atoms with Crippen LogP contribution in [0.15, 0.2) is 24.3 Å². The Kier molecular flexibility index (Phi) is 3.69. The summed E-state index contributed by atoms with van der Waals surface area (Å²) >= 11 is 0. The Morgan fingerprint density at radius 1 is 1.06 bits per heavy atom. The van der Waals surface area contributed by atoms with E-state index in [0.29, 0.717) is 0 Å². The second-order valence-corrected chi connectivity index (χ2v) is 6.10. The van der Waals surface area contributed by atoms with Crippen molar-refractivity contribution in [3.8, 4) is 0 Å². The Morgan fingerprint density at radius 3 is 2.61 bits per heavy atom. The molecule has 3 rings (SSSR count). The molecular formula is C17H25N. The zero-order valence-corrected chi connectivity index (χ0v) is 11.6. The van der Waals surface area contributed by atoms with Crippen molar-refractivity contribution in [2.24, 2.45) is 0 Å². The fourth-order valence-corrected chi connectivity index (χ4v) is 3.89. The van der Waals surface area contributed by atoms with Gasteiger partial charge >= 0.3 is 0 Å². The predicted molar refractivity (Wildman–Crippen MR) is 76.9 cm³/mol. The van der Waals surface area contributed by atoms with E-state index in [1.807, 2.05) is 0 Å². The minimum atomic E-state index is 0.814. The van der Waals surface area contributed by atoms with Crippen LogP contribution in [0.3, 0.4) is 0 Å². The van der Waals surface area contributed by atoms with Gasteiger partial charge in [-0.2, -0.15) is 0 Å². The third kappa shape index (κ3) is 2.47. The zero-order valence-electron chi connectivity index (χ0n) is 11.6. The minimum absolute atomic E-state index is 0.814. The lowest BCUT2D eigenvalue weighted by Crippen LogP contribution is -2.38. The van der Waals surface area contributed by atoms with Crippen molar-refractivity contribution in [3.05, 3.63) is 35.4 Å². The molecule has 1 aliphatic heterocycles. The molecule has 2 fully saturated rings. The van der Waals surface area contributed by atoms with Gasteiger partial charge < -0.3 is 0 Å². The summed E-state index contributed by atoms with van der Waals surface area (Å²) in [6, 6.07) is 10.6. The molecule has 0 bridgehead atoms. The second kappa shape index (κ2) is 5.44. The molecule has 0 spiro atoms. The monoisotopic (exact) mass is 243 g/mol. The number of nitrogens with zero attached hydrogens (tertiary/aromatic N) is 1. The first-order chi connectivity index (χ1) is 8.84. The van der Waals surface area contributed by atoms with E-state index in [4.69, 9.17) is 0 Å². The lowest BCUT2D eigenvalue weighted by atomic mass is 9.99. The third-order valence-corrected chi connectivity index (χ3v) is 4.93. The SMILES string of the molecule is Cc1ccccc1CC1CCCN1C1CCCC1.